The summed E-state index contributed by atoms with van der Waals surface area (Å²) in [5, 5.41) is 0. The summed E-state index contributed by atoms with van der Waals surface area (Å²) in [7, 11) is 0. The lowest BCUT2D eigenvalue weighted by Gasteiger charge is -2.22. The van der Waals surface area contributed by atoms with Crippen molar-refractivity contribution >= 4 is 5.78 Å². The van der Waals surface area contributed by atoms with Crippen molar-refractivity contribution in [3.63, 3.8) is 0 Å². The number of carbonyl (C=O) groups is 1. The first-order valence-corrected chi connectivity index (χ1v) is 5.25. The summed E-state index contributed by atoms with van der Waals surface area (Å²) in [5.41, 5.74) is 6.77. The minimum atomic E-state index is 0.194. The normalized spacial score (nSPS) is 11.2. The first kappa shape index (κ1) is 13.4. The molecule has 0 saturated heterocycles. The molecule has 0 rings (SSSR count). The predicted molar refractivity (Wildman–Crippen MR) is 61.1 cm³/mol. The van der Waals surface area contributed by atoms with Crippen LogP contribution in [0.15, 0.2) is 11.6 Å². The quantitative estimate of drug-likeness (QED) is 0.665. The molecule has 0 radical (unpaired) electrons. The van der Waals surface area contributed by atoms with E-state index in [-0.39, 0.29) is 11.2 Å². The van der Waals surface area contributed by atoms with Crippen LogP contribution in [0, 0.1) is 5.41 Å². The van der Waals surface area contributed by atoms with Crippen LogP contribution in [0.4, 0.5) is 0 Å². The Labute approximate surface area is 87.6 Å². The van der Waals surface area contributed by atoms with Crippen molar-refractivity contribution in [1.29, 1.82) is 0 Å². The van der Waals surface area contributed by atoms with E-state index >= 15 is 0 Å². The molecule has 0 bridgehead atoms. The maximum Gasteiger partial charge on any atom is 0.155 e. The van der Waals surface area contributed by atoms with Crippen molar-refractivity contribution in [2.45, 2.75) is 47.0 Å². The second kappa shape index (κ2) is 5.97. The fraction of sp³-hybridized carbons (Fsp3) is 0.750. The number of rotatable bonds is 6. The third kappa shape index (κ3) is 6.84. The molecule has 0 aromatic carbocycles. The van der Waals surface area contributed by atoms with Crippen LogP contribution < -0.4 is 5.73 Å². The maximum atomic E-state index is 11.4. The Kier molecular flexibility index (Phi) is 5.70. The van der Waals surface area contributed by atoms with E-state index in [1.54, 1.807) is 6.08 Å². The minimum Gasteiger partial charge on any atom is -0.330 e. The molecule has 2 N–H and O–H groups in total. The van der Waals surface area contributed by atoms with E-state index in [0.717, 1.165) is 18.4 Å². The first-order valence-electron chi connectivity index (χ1n) is 5.25. The Balaban J connectivity index is 3.93. The number of hydrogen-bond acceptors (Lipinski definition) is 2. The molecule has 14 heavy (non-hydrogen) atoms. The van der Waals surface area contributed by atoms with E-state index in [2.05, 4.69) is 13.8 Å². The van der Waals surface area contributed by atoms with E-state index in [0.29, 0.717) is 13.0 Å². The van der Waals surface area contributed by atoms with Crippen LogP contribution in [0.5, 0.6) is 0 Å². The van der Waals surface area contributed by atoms with Gasteiger partial charge in [0.25, 0.3) is 0 Å². The van der Waals surface area contributed by atoms with Gasteiger partial charge >= 0.3 is 0 Å². The van der Waals surface area contributed by atoms with Gasteiger partial charge in [-0.3, -0.25) is 4.79 Å². The average molecular weight is 197 g/mol. The van der Waals surface area contributed by atoms with E-state index in [9.17, 15) is 4.79 Å². The largest absolute Gasteiger partial charge is 0.330 e. The van der Waals surface area contributed by atoms with Gasteiger partial charge in [0.15, 0.2) is 5.78 Å². The molecule has 0 fully saturated rings. The molecule has 0 aliphatic rings. The van der Waals surface area contributed by atoms with Gasteiger partial charge in [0, 0.05) is 6.42 Å². The van der Waals surface area contributed by atoms with Crippen LogP contribution in [0.2, 0.25) is 0 Å². The Morgan fingerprint density at radius 3 is 2.29 bits per heavy atom. The second-order valence-corrected chi connectivity index (χ2v) is 4.89. The van der Waals surface area contributed by atoms with Gasteiger partial charge in [-0.15, -0.1) is 0 Å². The van der Waals surface area contributed by atoms with Crippen molar-refractivity contribution in [3.05, 3.63) is 11.6 Å². The van der Waals surface area contributed by atoms with Gasteiger partial charge in [-0.2, -0.15) is 0 Å². The third-order valence-electron chi connectivity index (χ3n) is 2.32. The van der Waals surface area contributed by atoms with Crippen molar-refractivity contribution in [2.24, 2.45) is 11.1 Å². The molecule has 0 unspecified atom stereocenters. The van der Waals surface area contributed by atoms with Crippen LogP contribution in [0.3, 0.4) is 0 Å². The molecule has 2 heteroatoms. The van der Waals surface area contributed by atoms with Crippen molar-refractivity contribution < 1.29 is 4.79 Å². The lowest BCUT2D eigenvalue weighted by Crippen LogP contribution is -2.18. The van der Waals surface area contributed by atoms with Gasteiger partial charge in [-0.05, 0) is 44.7 Å². The highest BCUT2D eigenvalue weighted by atomic mass is 16.1. The first-order chi connectivity index (χ1) is 6.37. The van der Waals surface area contributed by atoms with Crippen LogP contribution >= 0.6 is 0 Å². The smallest absolute Gasteiger partial charge is 0.155 e. The lowest BCUT2D eigenvalue weighted by molar-refractivity contribution is -0.115. The molecule has 0 atom stereocenters. The Bertz CT molecular complexity index is 212. The molecule has 0 spiro atoms. The van der Waals surface area contributed by atoms with Crippen molar-refractivity contribution in [1.82, 2.24) is 0 Å². The number of ketones is 1. The topological polar surface area (TPSA) is 43.1 Å². The highest BCUT2D eigenvalue weighted by molar-refractivity contribution is 5.90. The number of allylic oxidation sites excluding steroid dienone is 2. The summed E-state index contributed by atoms with van der Waals surface area (Å²) in [6.07, 6.45) is 4.26. The van der Waals surface area contributed by atoms with Gasteiger partial charge in [0.1, 0.15) is 0 Å². The maximum absolute atomic E-state index is 11.4. The van der Waals surface area contributed by atoms with E-state index in [1.165, 1.54) is 0 Å². The zero-order valence-electron chi connectivity index (χ0n) is 9.89. The average Bonchev–Trinajstić information content (AvgIpc) is 2.00. The fourth-order valence-corrected chi connectivity index (χ4v) is 1.37. The van der Waals surface area contributed by atoms with Crippen LogP contribution in [0.1, 0.15) is 47.0 Å². The second-order valence-electron chi connectivity index (χ2n) is 4.89. The highest BCUT2D eigenvalue weighted by Gasteiger charge is 2.17. The van der Waals surface area contributed by atoms with E-state index in [4.69, 9.17) is 5.73 Å². The van der Waals surface area contributed by atoms with Crippen molar-refractivity contribution in [2.75, 3.05) is 6.54 Å². The van der Waals surface area contributed by atoms with Crippen LogP contribution in [-0.4, -0.2) is 12.3 Å². The molecule has 2 nitrogen and oxygen atoms in total. The summed E-state index contributed by atoms with van der Waals surface area (Å²) >= 11 is 0. The summed E-state index contributed by atoms with van der Waals surface area (Å²) in [6, 6.07) is 0. The van der Waals surface area contributed by atoms with Gasteiger partial charge in [-0.1, -0.05) is 19.4 Å². The molecule has 0 amide bonds. The summed E-state index contributed by atoms with van der Waals surface area (Å²) < 4.78 is 0. The molecule has 82 valence electrons. The fourth-order valence-electron chi connectivity index (χ4n) is 1.37. The molecule has 0 aromatic heterocycles. The number of carbonyl (C=O) groups excluding carboxylic acids is 1. The zero-order chi connectivity index (χ0) is 11.2. The third-order valence-corrected chi connectivity index (χ3v) is 2.32. The molecule has 0 saturated carbocycles. The number of nitrogens with two attached hydrogens (primary N) is 1. The molecule has 0 aliphatic carbocycles. The van der Waals surface area contributed by atoms with Crippen molar-refractivity contribution in [3.8, 4) is 0 Å². The van der Waals surface area contributed by atoms with Crippen LogP contribution in [-0.2, 0) is 4.79 Å². The Morgan fingerprint density at radius 2 is 1.86 bits per heavy atom. The minimum absolute atomic E-state index is 0.194. The van der Waals surface area contributed by atoms with Gasteiger partial charge in [0.05, 0.1) is 0 Å². The van der Waals surface area contributed by atoms with Gasteiger partial charge < -0.3 is 5.73 Å². The molecular weight excluding hydrogens is 174 g/mol. The van der Waals surface area contributed by atoms with Gasteiger partial charge in [0.2, 0.25) is 0 Å². The van der Waals surface area contributed by atoms with Crippen LogP contribution in [0.25, 0.3) is 0 Å². The Morgan fingerprint density at radius 1 is 1.29 bits per heavy atom. The monoisotopic (exact) mass is 197 g/mol. The van der Waals surface area contributed by atoms with E-state index < -0.39 is 0 Å². The summed E-state index contributed by atoms with van der Waals surface area (Å²) in [5.74, 6) is 0.232. The number of hydrogen-bond donors (Lipinski definition) is 1. The summed E-state index contributed by atoms with van der Waals surface area (Å²) in [4.78, 5) is 11.4. The highest BCUT2D eigenvalue weighted by Crippen LogP contribution is 2.25. The van der Waals surface area contributed by atoms with Gasteiger partial charge in [-0.25, -0.2) is 0 Å². The zero-order valence-corrected chi connectivity index (χ0v) is 9.89. The SMILES string of the molecule is CC(C)=CC(=O)CCC(C)(C)CCN. The predicted octanol–water partition coefficient (Wildman–Crippen LogP) is 2.68. The molecule has 0 heterocycles. The standard InChI is InChI=1S/C12H23NO/c1-10(2)9-11(14)5-6-12(3,4)7-8-13/h9H,5-8,13H2,1-4H3. The molecule has 0 aromatic rings. The molecule has 0 aliphatic heterocycles. The van der Waals surface area contributed by atoms with E-state index in [1.807, 2.05) is 13.8 Å². The Hall–Kier alpha value is -0.630. The lowest BCUT2D eigenvalue weighted by atomic mass is 9.83. The molecular formula is C12H23NO. The summed E-state index contributed by atoms with van der Waals surface area (Å²) in [6.45, 7) is 8.92.